The van der Waals surface area contributed by atoms with E-state index >= 15 is 0 Å². The van der Waals surface area contributed by atoms with Crippen LogP contribution in [0.1, 0.15) is 51.0 Å². The molecular weight excluding hydrogens is 248 g/mol. The molecule has 0 aliphatic heterocycles. The van der Waals surface area contributed by atoms with Crippen molar-refractivity contribution >= 4 is 5.97 Å². The Hall–Kier alpha value is -1.57. The molecule has 2 heteroatoms. The van der Waals surface area contributed by atoms with Gasteiger partial charge in [-0.1, -0.05) is 62.1 Å². The largest absolute Gasteiger partial charge is 0.458 e. The molecule has 1 fully saturated rings. The van der Waals surface area contributed by atoms with Gasteiger partial charge in [-0.15, -0.1) is 0 Å². The van der Waals surface area contributed by atoms with E-state index in [1.54, 1.807) is 6.08 Å². The molecule has 0 bridgehead atoms. The van der Waals surface area contributed by atoms with Crippen molar-refractivity contribution in [3.63, 3.8) is 0 Å². The maximum Gasteiger partial charge on any atom is 0.331 e. The first-order valence-electron chi connectivity index (χ1n) is 7.70. The fourth-order valence-electron chi connectivity index (χ4n) is 2.90. The first-order chi connectivity index (χ1) is 9.79. The van der Waals surface area contributed by atoms with Crippen LogP contribution >= 0.6 is 0 Å². The molecule has 2 rings (SSSR count). The molecule has 108 valence electrons. The number of carbonyl (C=O) groups excluding carboxylic acids is 1. The van der Waals surface area contributed by atoms with Crippen LogP contribution in [-0.2, 0) is 16.1 Å². The van der Waals surface area contributed by atoms with Gasteiger partial charge in [0.05, 0.1) is 0 Å². The molecule has 0 heterocycles. The fourth-order valence-corrected chi connectivity index (χ4v) is 2.90. The summed E-state index contributed by atoms with van der Waals surface area (Å²) in [6.45, 7) is 2.49. The van der Waals surface area contributed by atoms with Crippen molar-refractivity contribution < 1.29 is 9.53 Å². The molecule has 0 amide bonds. The molecule has 0 unspecified atom stereocenters. The van der Waals surface area contributed by atoms with Gasteiger partial charge < -0.3 is 4.74 Å². The van der Waals surface area contributed by atoms with Crippen LogP contribution in [0, 0.1) is 5.92 Å². The number of rotatable bonds is 5. The zero-order chi connectivity index (χ0) is 14.2. The molecule has 2 nitrogen and oxygen atoms in total. The number of ether oxygens (including phenoxy) is 1. The Morgan fingerprint density at radius 2 is 1.90 bits per heavy atom. The molecule has 1 aromatic rings. The Morgan fingerprint density at radius 3 is 2.55 bits per heavy atom. The Bertz CT molecular complexity index is 442. The minimum absolute atomic E-state index is 0.198. The zero-order valence-corrected chi connectivity index (χ0v) is 12.3. The Kier molecular flexibility index (Phi) is 5.85. The van der Waals surface area contributed by atoms with E-state index < -0.39 is 0 Å². The number of hydrogen-bond acceptors (Lipinski definition) is 2. The quantitative estimate of drug-likeness (QED) is 0.576. The summed E-state index contributed by atoms with van der Waals surface area (Å²) >= 11 is 0. The SMILES string of the molecule is CC/C(=C\C(=O)OCc1ccccc1)C1CCCCC1. The lowest BCUT2D eigenvalue weighted by molar-refractivity contribution is -0.139. The maximum absolute atomic E-state index is 11.9. The molecule has 20 heavy (non-hydrogen) atoms. The summed E-state index contributed by atoms with van der Waals surface area (Å²) in [5.41, 5.74) is 2.30. The second-order valence-corrected chi connectivity index (χ2v) is 5.50. The van der Waals surface area contributed by atoms with Gasteiger partial charge in [0, 0.05) is 6.08 Å². The van der Waals surface area contributed by atoms with Crippen LogP contribution in [-0.4, -0.2) is 5.97 Å². The molecule has 0 radical (unpaired) electrons. The van der Waals surface area contributed by atoms with Crippen LogP contribution < -0.4 is 0 Å². The molecule has 0 saturated heterocycles. The van der Waals surface area contributed by atoms with Crippen molar-refractivity contribution in [2.75, 3.05) is 0 Å². The smallest absolute Gasteiger partial charge is 0.331 e. The van der Waals surface area contributed by atoms with Gasteiger partial charge in [-0.2, -0.15) is 0 Å². The summed E-state index contributed by atoms with van der Waals surface area (Å²) in [5.74, 6) is 0.398. The summed E-state index contributed by atoms with van der Waals surface area (Å²) in [5, 5.41) is 0. The standard InChI is InChI=1S/C18H24O2/c1-2-16(17-11-7-4-8-12-17)13-18(19)20-14-15-9-5-3-6-10-15/h3,5-6,9-10,13,17H,2,4,7-8,11-12,14H2,1H3/b16-13+. The van der Waals surface area contributed by atoms with E-state index in [9.17, 15) is 4.79 Å². The van der Waals surface area contributed by atoms with Crippen LogP contribution in [0.4, 0.5) is 0 Å². The molecule has 1 aliphatic rings. The second kappa shape index (κ2) is 7.88. The van der Waals surface area contributed by atoms with Gasteiger partial charge in [-0.05, 0) is 30.7 Å². The first-order valence-corrected chi connectivity index (χ1v) is 7.70. The summed E-state index contributed by atoms with van der Waals surface area (Å²) in [6, 6.07) is 9.82. The van der Waals surface area contributed by atoms with Gasteiger partial charge in [0.1, 0.15) is 6.61 Å². The Labute approximate surface area is 121 Å². The molecule has 0 atom stereocenters. The number of hydrogen-bond donors (Lipinski definition) is 0. The summed E-state index contributed by atoms with van der Waals surface area (Å²) < 4.78 is 5.34. The van der Waals surface area contributed by atoms with E-state index in [1.165, 1.54) is 37.7 Å². The fraction of sp³-hybridized carbons (Fsp3) is 0.500. The van der Waals surface area contributed by atoms with Crippen LogP contribution in [0.15, 0.2) is 42.0 Å². The minimum atomic E-state index is -0.198. The van der Waals surface area contributed by atoms with Crippen molar-refractivity contribution in [3.05, 3.63) is 47.5 Å². The third kappa shape index (κ3) is 4.52. The third-order valence-corrected chi connectivity index (χ3v) is 4.06. The molecule has 0 aromatic heterocycles. The maximum atomic E-state index is 11.9. The monoisotopic (exact) mass is 272 g/mol. The number of benzene rings is 1. The lowest BCUT2D eigenvalue weighted by atomic mass is 9.82. The Morgan fingerprint density at radius 1 is 1.20 bits per heavy atom. The van der Waals surface area contributed by atoms with E-state index in [0.717, 1.165) is 12.0 Å². The molecule has 0 N–H and O–H groups in total. The first kappa shape index (κ1) is 14.8. The van der Waals surface area contributed by atoms with Crippen LogP contribution in [0.3, 0.4) is 0 Å². The molecular formula is C18H24O2. The highest BCUT2D eigenvalue weighted by Crippen LogP contribution is 2.31. The predicted octanol–water partition coefficient (Wildman–Crippen LogP) is 4.65. The van der Waals surface area contributed by atoms with Gasteiger partial charge >= 0.3 is 5.97 Å². The summed E-state index contributed by atoms with van der Waals surface area (Å²) in [4.78, 5) is 11.9. The number of esters is 1. The molecule has 1 saturated carbocycles. The van der Waals surface area contributed by atoms with Crippen molar-refractivity contribution in [1.82, 2.24) is 0 Å². The average Bonchev–Trinajstić information content (AvgIpc) is 2.52. The van der Waals surface area contributed by atoms with Gasteiger partial charge in [0.15, 0.2) is 0 Å². The normalized spacial score (nSPS) is 16.9. The van der Waals surface area contributed by atoms with Crippen molar-refractivity contribution in [3.8, 4) is 0 Å². The molecule has 0 spiro atoms. The lowest BCUT2D eigenvalue weighted by Crippen LogP contribution is -2.11. The highest BCUT2D eigenvalue weighted by molar-refractivity contribution is 5.82. The van der Waals surface area contributed by atoms with E-state index in [4.69, 9.17) is 4.74 Å². The molecule has 1 aromatic carbocycles. The van der Waals surface area contributed by atoms with Gasteiger partial charge in [0.25, 0.3) is 0 Å². The predicted molar refractivity (Wildman–Crippen MR) is 81.2 cm³/mol. The van der Waals surface area contributed by atoms with Gasteiger partial charge in [-0.25, -0.2) is 4.79 Å². The molecule has 1 aliphatic carbocycles. The second-order valence-electron chi connectivity index (χ2n) is 5.50. The number of allylic oxidation sites excluding steroid dienone is 1. The summed E-state index contributed by atoms with van der Waals surface area (Å²) in [6.07, 6.45) is 9.06. The van der Waals surface area contributed by atoms with Crippen molar-refractivity contribution in [2.45, 2.75) is 52.1 Å². The lowest BCUT2D eigenvalue weighted by Gasteiger charge is -2.23. The average molecular weight is 272 g/mol. The summed E-state index contributed by atoms with van der Waals surface area (Å²) in [7, 11) is 0. The van der Waals surface area contributed by atoms with Gasteiger partial charge in [0.2, 0.25) is 0 Å². The van der Waals surface area contributed by atoms with Crippen molar-refractivity contribution in [2.24, 2.45) is 5.92 Å². The van der Waals surface area contributed by atoms with Crippen LogP contribution in [0.2, 0.25) is 0 Å². The van der Waals surface area contributed by atoms with Crippen LogP contribution in [0.5, 0.6) is 0 Å². The van der Waals surface area contributed by atoms with E-state index in [-0.39, 0.29) is 5.97 Å². The number of carbonyl (C=O) groups is 1. The Balaban J connectivity index is 1.88. The minimum Gasteiger partial charge on any atom is -0.458 e. The van der Waals surface area contributed by atoms with Gasteiger partial charge in [-0.3, -0.25) is 0 Å². The van der Waals surface area contributed by atoms with E-state index in [0.29, 0.717) is 12.5 Å². The highest BCUT2D eigenvalue weighted by Gasteiger charge is 2.17. The zero-order valence-electron chi connectivity index (χ0n) is 12.3. The third-order valence-electron chi connectivity index (χ3n) is 4.06. The topological polar surface area (TPSA) is 26.3 Å². The highest BCUT2D eigenvalue weighted by atomic mass is 16.5. The van der Waals surface area contributed by atoms with E-state index in [2.05, 4.69) is 6.92 Å². The van der Waals surface area contributed by atoms with Crippen LogP contribution in [0.25, 0.3) is 0 Å². The van der Waals surface area contributed by atoms with Crippen molar-refractivity contribution in [1.29, 1.82) is 0 Å². The van der Waals surface area contributed by atoms with E-state index in [1.807, 2.05) is 30.3 Å².